The van der Waals surface area contributed by atoms with Gasteiger partial charge in [0.05, 0.1) is 0 Å². The maximum absolute atomic E-state index is 13.3. The average molecular weight is 503 g/mol. The summed E-state index contributed by atoms with van der Waals surface area (Å²) < 4.78 is 18.8. The smallest absolute Gasteiger partial charge is 0.247 e. The zero-order chi connectivity index (χ0) is 26.2. The number of halogens is 1. The first kappa shape index (κ1) is 26.1. The second kappa shape index (κ2) is 12.3. The second-order valence-electron chi connectivity index (χ2n) is 9.46. The molecule has 1 aliphatic rings. The second-order valence-corrected chi connectivity index (χ2v) is 9.46. The first-order valence-corrected chi connectivity index (χ1v) is 12.5. The molecule has 0 aliphatic carbocycles. The van der Waals surface area contributed by atoms with Crippen LogP contribution in [0.1, 0.15) is 38.2 Å². The number of aryl methyl sites for hydroxylation is 1. The first-order chi connectivity index (χ1) is 17.9. The number of likely N-dealkylation sites (tertiary alicyclic amines) is 1. The topological polar surface area (TPSA) is 75.7 Å². The summed E-state index contributed by atoms with van der Waals surface area (Å²) in [6, 6.07) is 22.2. The summed E-state index contributed by atoms with van der Waals surface area (Å²) in [5.74, 6) is 0.457. The Hall–Kier alpha value is -4.00. The fourth-order valence-corrected chi connectivity index (χ4v) is 4.57. The van der Waals surface area contributed by atoms with Crippen LogP contribution in [-0.4, -0.2) is 35.1 Å². The Morgan fingerprint density at radius 2 is 1.57 bits per heavy atom. The van der Waals surface area contributed by atoms with Gasteiger partial charge < -0.3 is 19.7 Å². The normalized spacial score (nSPS) is 16.9. The molecule has 6 nitrogen and oxygen atoms in total. The van der Waals surface area contributed by atoms with Gasteiger partial charge in [-0.2, -0.15) is 0 Å². The largest absolute Gasteiger partial charge is 0.457 e. The summed E-state index contributed by atoms with van der Waals surface area (Å²) in [6.07, 6.45) is 2.62. The van der Waals surface area contributed by atoms with Gasteiger partial charge in [-0.25, -0.2) is 4.39 Å². The van der Waals surface area contributed by atoms with E-state index in [4.69, 9.17) is 4.74 Å². The summed E-state index contributed by atoms with van der Waals surface area (Å²) in [7, 11) is 0. The lowest BCUT2D eigenvalue weighted by atomic mass is 9.97. The van der Waals surface area contributed by atoms with Crippen molar-refractivity contribution in [2.24, 2.45) is 5.92 Å². The third-order valence-electron chi connectivity index (χ3n) is 6.56. The highest BCUT2D eigenvalue weighted by Crippen LogP contribution is 2.30. The summed E-state index contributed by atoms with van der Waals surface area (Å²) in [6.45, 7) is 1.97. The van der Waals surface area contributed by atoms with Gasteiger partial charge in [-0.15, -0.1) is 0 Å². The number of Topliss-reactive ketones (excluding diaryl/α,β-unsaturated/α-hetero) is 1. The molecule has 4 rings (SSSR count). The third kappa shape index (κ3) is 7.49. The summed E-state index contributed by atoms with van der Waals surface area (Å²) >= 11 is 0. The van der Waals surface area contributed by atoms with Crippen LogP contribution < -0.4 is 10.1 Å². The van der Waals surface area contributed by atoms with Crippen molar-refractivity contribution in [3.05, 3.63) is 90.2 Å². The highest BCUT2D eigenvalue weighted by molar-refractivity contribution is 5.98. The molecule has 1 heterocycles. The molecule has 0 bridgehead atoms. The molecular weight excluding hydrogens is 471 g/mol. The average Bonchev–Trinajstić information content (AvgIpc) is 3.34. The molecule has 0 aromatic heterocycles. The fraction of sp³-hybridized carbons (Fsp3) is 0.300. The van der Waals surface area contributed by atoms with E-state index in [1.54, 1.807) is 29.2 Å². The Morgan fingerprint density at radius 1 is 0.919 bits per heavy atom. The molecular formula is C30H31FN2O4. The number of amides is 2. The zero-order valence-corrected chi connectivity index (χ0v) is 20.9. The SMILES string of the molecule is CC(=O)CCC(=O)N1CC(CCc2ccccc2)CC1C(=O)Nc1ccc(Oc2ccc(F)cc2)cc1. The number of hydrogen-bond acceptors (Lipinski definition) is 4. The first-order valence-electron chi connectivity index (χ1n) is 12.5. The molecule has 2 atom stereocenters. The predicted octanol–water partition coefficient (Wildman–Crippen LogP) is 5.78. The van der Waals surface area contributed by atoms with E-state index in [-0.39, 0.29) is 42.2 Å². The molecule has 0 saturated carbocycles. The van der Waals surface area contributed by atoms with Crippen LogP contribution in [0.3, 0.4) is 0 Å². The molecule has 2 unspecified atom stereocenters. The van der Waals surface area contributed by atoms with E-state index in [2.05, 4.69) is 17.4 Å². The van der Waals surface area contributed by atoms with E-state index in [9.17, 15) is 18.8 Å². The molecule has 7 heteroatoms. The molecule has 1 saturated heterocycles. The minimum atomic E-state index is -0.588. The fourth-order valence-electron chi connectivity index (χ4n) is 4.57. The maximum Gasteiger partial charge on any atom is 0.247 e. The Morgan fingerprint density at radius 3 is 2.22 bits per heavy atom. The van der Waals surface area contributed by atoms with Crippen LogP contribution in [0.2, 0.25) is 0 Å². The number of hydrogen-bond donors (Lipinski definition) is 1. The predicted molar refractivity (Wildman–Crippen MR) is 140 cm³/mol. The molecule has 3 aromatic rings. The highest BCUT2D eigenvalue weighted by Gasteiger charge is 2.39. The number of rotatable bonds is 10. The van der Waals surface area contributed by atoms with Crippen LogP contribution in [0.4, 0.5) is 10.1 Å². The highest BCUT2D eigenvalue weighted by atomic mass is 19.1. The van der Waals surface area contributed by atoms with Crippen molar-refractivity contribution < 1.29 is 23.5 Å². The number of carbonyl (C=O) groups excluding carboxylic acids is 3. The van der Waals surface area contributed by atoms with Crippen LogP contribution >= 0.6 is 0 Å². The Bertz CT molecular complexity index is 1210. The molecule has 1 N–H and O–H groups in total. The molecule has 3 aromatic carbocycles. The molecule has 1 fully saturated rings. The van der Waals surface area contributed by atoms with E-state index < -0.39 is 6.04 Å². The summed E-state index contributed by atoms with van der Waals surface area (Å²) in [4.78, 5) is 39.2. The molecule has 37 heavy (non-hydrogen) atoms. The maximum atomic E-state index is 13.3. The van der Waals surface area contributed by atoms with Gasteiger partial charge in [0, 0.05) is 25.1 Å². The van der Waals surface area contributed by atoms with Gasteiger partial charge in [0.2, 0.25) is 11.8 Å². The quantitative estimate of drug-likeness (QED) is 0.382. The lowest BCUT2D eigenvalue weighted by Gasteiger charge is -2.24. The molecule has 0 radical (unpaired) electrons. The van der Waals surface area contributed by atoms with E-state index >= 15 is 0 Å². The molecule has 2 amide bonds. The van der Waals surface area contributed by atoms with Gasteiger partial charge in [0.25, 0.3) is 0 Å². The van der Waals surface area contributed by atoms with E-state index in [0.29, 0.717) is 30.2 Å². The van der Waals surface area contributed by atoms with E-state index in [1.807, 2.05) is 18.2 Å². The summed E-state index contributed by atoms with van der Waals surface area (Å²) in [5, 5.41) is 2.92. The van der Waals surface area contributed by atoms with Gasteiger partial charge in [0.15, 0.2) is 0 Å². The van der Waals surface area contributed by atoms with Gasteiger partial charge in [-0.05, 0) is 86.2 Å². The van der Waals surface area contributed by atoms with Crippen LogP contribution in [0, 0.1) is 11.7 Å². The van der Waals surface area contributed by atoms with E-state index in [0.717, 1.165) is 12.8 Å². The standard InChI is InChI=1S/C30H31FN2O4/c1-21(34)7-18-29(35)33-20-23(9-8-22-5-3-2-4-6-22)19-28(33)30(36)32-25-12-16-27(17-13-25)37-26-14-10-24(31)11-15-26/h2-6,10-17,23,28H,7-9,18-20H2,1H3,(H,32,36). The number of ketones is 1. The van der Waals surface area contributed by atoms with Gasteiger partial charge in [-0.3, -0.25) is 9.59 Å². The molecule has 0 spiro atoms. The van der Waals surface area contributed by atoms with E-state index in [1.165, 1.54) is 36.8 Å². The lowest BCUT2D eigenvalue weighted by molar-refractivity contribution is -0.137. The number of anilines is 1. The summed E-state index contributed by atoms with van der Waals surface area (Å²) in [5.41, 5.74) is 1.81. The van der Waals surface area contributed by atoms with Crippen molar-refractivity contribution >= 4 is 23.3 Å². The molecule has 192 valence electrons. The Kier molecular flexibility index (Phi) is 8.67. The van der Waals surface area contributed by atoms with Gasteiger partial charge in [0.1, 0.15) is 29.1 Å². The van der Waals surface area contributed by atoms with Crippen molar-refractivity contribution in [3.8, 4) is 11.5 Å². The van der Waals surface area contributed by atoms with Crippen molar-refractivity contribution in [2.75, 3.05) is 11.9 Å². The van der Waals surface area contributed by atoms with Gasteiger partial charge >= 0.3 is 0 Å². The zero-order valence-electron chi connectivity index (χ0n) is 20.9. The van der Waals surface area contributed by atoms with Crippen molar-refractivity contribution in [3.63, 3.8) is 0 Å². The van der Waals surface area contributed by atoms with Crippen LogP contribution in [0.25, 0.3) is 0 Å². The van der Waals surface area contributed by atoms with Crippen molar-refractivity contribution in [1.82, 2.24) is 4.90 Å². The van der Waals surface area contributed by atoms with Gasteiger partial charge in [-0.1, -0.05) is 30.3 Å². The number of ether oxygens (including phenoxy) is 1. The Labute approximate surface area is 216 Å². The number of carbonyl (C=O) groups is 3. The van der Waals surface area contributed by atoms with Crippen LogP contribution in [-0.2, 0) is 20.8 Å². The minimum absolute atomic E-state index is 0.0443. The lowest BCUT2D eigenvalue weighted by Crippen LogP contribution is -2.43. The van der Waals surface area contributed by atoms with Crippen molar-refractivity contribution in [2.45, 2.75) is 45.1 Å². The molecule has 1 aliphatic heterocycles. The Balaban J connectivity index is 1.39. The number of nitrogens with zero attached hydrogens (tertiary/aromatic N) is 1. The monoisotopic (exact) mass is 502 g/mol. The van der Waals surface area contributed by atoms with Crippen LogP contribution in [0.5, 0.6) is 11.5 Å². The number of nitrogens with one attached hydrogen (secondary N) is 1. The number of benzene rings is 3. The third-order valence-corrected chi connectivity index (χ3v) is 6.56. The van der Waals surface area contributed by atoms with Crippen LogP contribution in [0.15, 0.2) is 78.9 Å². The minimum Gasteiger partial charge on any atom is -0.457 e. The van der Waals surface area contributed by atoms with Crippen molar-refractivity contribution in [1.29, 1.82) is 0 Å².